The number of carbonyl (C=O) groups excluding carboxylic acids is 1. The number of nitrogens with zero attached hydrogens (tertiary/aromatic N) is 1. The molecule has 0 saturated carbocycles. The van der Waals surface area contributed by atoms with Gasteiger partial charge in [-0.25, -0.2) is 4.98 Å². The van der Waals surface area contributed by atoms with Crippen LogP contribution in [0, 0.1) is 16.9 Å². The van der Waals surface area contributed by atoms with Crippen LogP contribution in [0.15, 0.2) is 65.1 Å². The van der Waals surface area contributed by atoms with Crippen LogP contribution in [-0.2, 0) is 24.9 Å². The number of furan rings is 1. The van der Waals surface area contributed by atoms with Crippen molar-refractivity contribution in [2.75, 3.05) is 0 Å². The minimum absolute atomic E-state index is 0. The molecule has 0 aliphatic carbocycles. The van der Waals surface area contributed by atoms with E-state index in [4.69, 9.17) is 9.15 Å². The van der Waals surface area contributed by atoms with Crippen molar-refractivity contribution in [2.45, 2.75) is 54.4 Å². The largest absolute Gasteiger partial charge is 0.512 e. The van der Waals surface area contributed by atoms with Crippen LogP contribution in [0.4, 0.5) is 0 Å². The van der Waals surface area contributed by atoms with E-state index in [0.717, 1.165) is 23.8 Å². The van der Waals surface area contributed by atoms with Crippen LogP contribution < -0.4 is 4.74 Å². The quantitative estimate of drug-likeness (QED) is 0.172. The standard InChI is InChI=1S/C13H8NO2.C13H24O2.Ir/c1-2-4-10(5-3-1)16-13-11-7-9-15-12(11)6-8-14-13;1-7-12(3,4)10(14)9-11(15)13(5,6)8-2;/h1-4,6-9H;9,14H,7-8H2,1-6H3;/q-1;;/b;10-9-;. The number of pyridine rings is 1. The van der Waals surface area contributed by atoms with Crippen molar-refractivity contribution < 1.29 is 39.2 Å². The van der Waals surface area contributed by atoms with E-state index < -0.39 is 0 Å². The van der Waals surface area contributed by atoms with Crippen molar-refractivity contribution in [1.29, 1.82) is 0 Å². The number of para-hydroxylation sites is 1. The summed E-state index contributed by atoms with van der Waals surface area (Å²) in [5, 5.41) is 10.7. The first-order valence-electron chi connectivity index (χ1n) is 10.5. The van der Waals surface area contributed by atoms with Crippen LogP contribution in [0.1, 0.15) is 54.4 Å². The smallest absolute Gasteiger partial charge is 0.228 e. The van der Waals surface area contributed by atoms with Gasteiger partial charge >= 0.3 is 0 Å². The minimum atomic E-state index is -0.377. The van der Waals surface area contributed by atoms with Gasteiger partial charge in [-0.2, -0.15) is 18.2 Å². The molecule has 5 nitrogen and oxygen atoms in total. The first kappa shape index (κ1) is 27.6. The third kappa shape index (κ3) is 7.32. The molecular formula is C26H32IrNO4-. The van der Waals surface area contributed by atoms with Crippen molar-refractivity contribution in [3.05, 3.63) is 66.8 Å². The Kier molecular flexibility index (Phi) is 10.3. The summed E-state index contributed by atoms with van der Waals surface area (Å²) in [6, 6.07) is 14.0. The van der Waals surface area contributed by atoms with Gasteiger partial charge in [-0.15, -0.1) is 12.1 Å². The zero-order chi connectivity index (χ0) is 23.1. The number of aliphatic hydroxyl groups is 1. The van der Waals surface area contributed by atoms with Gasteiger partial charge in [0, 0.05) is 49.0 Å². The number of allylic oxidation sites excluding steroid dienone is 2. The van der Waals surface area contributed by atoms with Gasteiger partial charge in [0.2, 0.25) is 5.88 Å². The fourth-order valence-electron chi connectivity index (χ4n) is 2.37. The van der Waals surface area contributed by atoms with Crippen molar-refractivity contribution >= 4 is 16.8 Å². The first-order valence-corrected chi connectivity index (χ1v) is 10.5. The zero-order valence-electron chi connectivity index (χ0n) is 19.6. The molecule has 0 spiro atoms. The summed E-state index contributed by atoms with van der Waals surface area (Å²) in [4.78, 5) is 16.0. The number of ketones is 1. The average Bonchev–Trinajstić information content (AvgIpc) is 3.25. The molecule has 2 heterocycles. The van der Waals surface area contributed by atoms with Gasteiger partial charge in [-0.1, -0.05) is 41.5 Å². The van der Waals surface area contributed by atoms with Crippen LogP contribution in [0.5, 0.6) is 11.6 Å². The fraction of sp³-hybridized carbons (Fsp3) is 0.385. The number of fused-ring (bicyclic) bond motifs is 1. The second-order valence-electron chi connectivity index (χ2n) is 8.65. The van der Waals surface area contributed by atoms with Gasteiger partial charge in [0.1, 0.15) is 11.3 Å². The molecule has 0 aliphatic heterocycles. The first-order chi connectivity index (χ1) is 14.6. The van der Waals surface area contributed by atoms with Crippen LogP contribution in [0.25, 0.3) is 11.0 Å². The van der Waals surface area contributed by atoms with E-state index in [0.29, 0.717) is 11.6 Å². The summed E-state index contributed by atoms with van der Waals surface area (Å²) in [7, 11) is 0. The number of hydrogen-bond acceptors (Lipinski definition) is 5. The van der Waals surface area contributed by atoms with E-state index in [-0.39, 0.29) is 42.5 Å². The maximum atomic E-state index is 11.8. The molecule has 0 aliphatic rings. The molecule has 0 saturated heterocycles. The Labute approximate surface area is 204 Å². The monoisotopic (exact) mass is 615 g/mol. The molecule has 0 amide bonds. The number of benzene rings is 1. The van der Waals surface area contributed by atoms with E-state index >= 15 is 0 Å². The molecule has 6 heteroatoms. The van der Waals surface area contributed by atoms with Gasteiger partial charge in [-0.05, 0) is 25.0 Å². The normalized spacial score (nSPS) is 11.9. The van der Waals surface area contributed by atoms with Crippen LogP contribution >= 0.6 is 0 Å². The van der Waals surface area contributed by atoms with Gasteiger partial charge < -0.3 is 14.3 Å². The number of rotatable bonds is 7. The number of carbonyl (C=O) groups is 1. The van der Waals surface area contributed by atoms with Gasteiger partial charge in [0.25, 0.3) is 0 Å². The molecule has 32 heavy (non-hydrogen) atoms. The van der Waals surface area contributed by atoms with Crippen molar-refractivity contribution in [3.63, 3.8) is 0 Å². The topological polar surface area (TPSA) is 72.6 Å². The Morgan fingerprint density at radius 3 is 2.41 bits per heavy atom. The van der Waals surface area contributed by atoms with Crippen LogP contribution in [0.2, 0.25) is 0 Å². The number of ether oxygens (including phenoxy) is 1. The Bertz CT molecular complexity index is 1020. The summed E-state index contributed by atoms with van der Waals surface area (Å²) in [5.41, 5.74) is 0.0815. The summed E-state index contributed by atoms with van der Waals surface area (Å²) in [6.45, 7) is 11.7. The second-order valence-corrected chi connectivity index (χ2v) is 8.65. The maximum Gasteiger partial charge on any atom is 0.228 e. The van der Waals surface area contributed by atoms with E-state index in [1.165, 1.54) is 6.08 Å². The number of aromatic nitrogens is 1. The molecule has 1 N–H and O–H groups in total. The Hall–Kier alpha value is -2.43. The SMILES string of the molecule is CCC(C)(C)C(=O)/C=C(\O)C(C)(C)CC.[Ir].[c-]1ccccc1Oc1nccc2occc12. The maximum absolute atomic E-state index is 11.8. The van der Waals surface area contributed by atoms with E-state index in [9.17, 15) is 9.90 Å². The summed E-state index contributed by atoms with van der Waals surface area (Å²) < 4.78 is 10.9. The molecular weight excluding hydrogens is 583 g/mol. The molecule has 1 radical (unpaired) electrons. The second kappa shape index (κ2) is 12.0. The molecule has 3 aromatic rings. The average molecular weight is 615 g/mol. The summed E-state index contributed by atoms with van der Waals surface area (Å²) in [6.07, 6.45) is 6.27. The van der Waals surface area contributed by atoms with Crippen LogP contribution in [0.3, 0.4) is 0 Å². The van der Waals surface area contributed by atoms with Gasteiger partial charge in [0.05, 0.1) is 11.6 Å². The Morgan fingerprint density at radius 2 is 1.81 bits per heavy atom. The summed E-state index contributed by atoms with van der Waals surface area (Å²) >= 11 is 0. The van der Waals surface area contributed by atoms with Crippen molar-refractivity contribution in [1.82, 2.24) is 4.98 Å². The van der Waals surface area contributed by atoms with E-state index in [1.54, 1.807) is 24.6 Å². The zero-order valence-corrected chi connectivity index (χ0v) is 22.0. The van der Waals surface area contributed by atoms with E-state index in [1.807, 2.05) is 65.8 Å². The minimum Gasteiger partial charge on any atom is -0.512 e. The number of aliphatic hydroxyl groups excluding tert-OH is 1. The molecule has 0 bridgehead atoms. The molecule has 2 aromatic heterocycles. The molecule has 175 valence electrons. The Balaban J connectivity index is 0.000000312. The molecule has 1 aromatic carbocycles. The third-order valence-corrected chi connectivity index (χ3v) is 5.63. The molecule has 0 atom stereocenters. The summed E-state index contributed by atoms with van der Waals surface area (Å²) in [5.74, 6) is 1.37. The van der Waals surface area contributed by atoms with Crippen LogP contribution in [-0.4, -0.2) is 15.9 Å². The van der Waals surface area contributed by atoms with Gasteiger partial charge in [0.15, 0.2) is 5.78 Å². The Morgan fingerprint density at radius 1 is 1.12 bits per heavy atom. The molecule has 0 unspecified atom stereocenters. The third-order valence-electron chi connectivity index (χ3n) is 5.63. The molecule has 0 fully saturated rings. The van der Waals surface area contributed by atoms with Gasteiger partial charge in [-0.3, -0.25) is 4.79 Å². The van der Waals surface area contributed by atoms with Crippen molar-refractivity contribution in [2.24, 2.45) is 10.8 Å². The predicted octanol–water partition coefficient (Wildman–Crippen LogP) is 7.29. The number of hydrogen-bond donors (Lipinski definition) is 1. The predicted molar refractivity (Wildman–Crippen MR) is 123 cm³/mol. The fourth-order valence-corrected chi connectivity index (χ4v) is 2.37. The molecule has 3 rings (SSSR count). The van der Waals surface area contributed by atoms with Crippen molar-refractivity contribution in [3.8, 4) is 11.6 Å². The van der Waals surface area contributed by atoms with E-state index in [2.05, 4.69) is 11.1 Å².